The van der Waals surface area contributed by atoms with E-state index in [9.17, 15) is 8.42 Å². The van der Waals surface area contributed by atoms with Crippen LogP contribution in [-0.2, 0) is 16.6 Å². The van der Waals surface area contributed by atoms with Crippen molar-refractivity contribution < 1.29 is 8.42 Å². The molecule has 3 aromatic carbocycles. The van der Waals surface area contributed by atoms with Crippen molar-refractivity contribution in [1.29, 1.82) is 0 Å². The van der Waals surface area contributed by atoms with Crippen molar-refractivity contribution in [3.63, 3.8) is 0 Å². The minimum atomic E-state index is -3.69. The Bertz CT molecular complexity index is 1290. The molecule has 0 fully saturated rings. The minimum Gasteiger partial charge on any atom is -0.346 e. The van der Waals surface area contributed by atoms with Gasteiger partial charge in [0.1, 0.15) is 0 Å². The highest BCUT2D eigenvalue weighted by Crippen LogP contribution is 2.35. The highest BCUT2D eigenvalue weighted by Gasteiger charge is 2.24. The van der Waals surface area contributed by atoms with Gasteiger partial charge in [-0.3, -0.25) is 0 Å². The Balaban J connectivity index is 1.89. The first kappa shape index (κ1) is 20.6. The first-order valence-electron chi connectivity index (χ1n) is 10.0. The van der Waals surface area contributed by atoms with Crippen molar-refractivity contribution in [1.82, 2.24) is 9.47 Å². The number of likely N-dealkylation sites (N-methyl/N-ethyl adjacent to an activating group) is 1. The minimum absolute atomic E-state index is 0.136. The largest absolute Gasteiger partial charge is 0.346 e. The Morgan fingerprint density at radius 1 is 0.900 bits per heavy atom. The fourth-order valence-electron chi connectivity index (χ4n) is 4.19. The van der Waals surface area contributed by atoms with E-state index in [4.69, 9.17) is 5.14 Å². The van der Waals surface area contributed by atoms with Crippen molar-refractivity contribution in [2.75, 3.05) is 26.4 Å². The van der Waals surface area contributed by atoms with E-state index in [1.807, 2.05) is 54.6 Å². The highest BCUT2D eigenvalue weighted by atomic mass is 32.2. The molecule has 0 bridgehead atoms. The zero-order chi connectivity index (χ0) is 21.3. The highest BCUT2D eigenvalue weighted by molar-refractivity contribution is 7.89. The van der Waals surface area contributed by atoms with E-state index in [0.29, 0.717) is 0 Å². The number of nitrogens with two attached hydrogens (primary N) is 1. The summed E-state index contributed by atoms with van der Waals surface area (Å²) in [5, 5.41) is 8.76. The van der Waals surface area contributed by atoms with Crippen LogP contribution in [0.25, 0.3) is 21.7 Å². The van der Waals surface area contributed by atoms with E-state index in [2.05, 4.69) is 41.9 Å². The van der Waals surface area contributed by atoms with E-state index in [1.54, 1.807) is 0 Å². The van der Waals surface area contributed by atoms with Crippen LogP contribution in [0.1, 0.15) is 17.0 Å². The lowest BCUT2D eigenvalue weighted by Gasteiger charge is -2.20. The van der Waals surface area contributed by atoms with Crippen LogP contribution in [0.5, 0.6) is 0 Å². The summed E-state index contributed by atoms with van der Waals surface area (Å²) < 4.78 is 26.6. The van der Waals surface area contributed by atoms with Crippen LogP contribution in [0.3, 0.4) is 0 Å². The molecule has 1 unspecified atom stereocenters. The molecule has 0 aliphatic heterocycles. The lowest BCUT2D eigenvalue weighted by atomic mass is 9.87. The zero-order valence-corrected chi connectivity index (χ0v) is 18.1. The Hall–Kier alpha value is -2.67. The predicted octanol–water partition coefficient (Wildman–Crippen LogP) is 3.78. The van der Waals surface area contributed by atoms with Gasteiger partial charge in [0.25, 0.3) is 0 Å². The third-order valence-corrected chi connectivity index (χ3v) is 6.41. The smallest absolute Gasteiger partial charge is 0.210 e. The molecule has 1 atom stereocenters. The second-order valence-electron chi connectivity index (χ2n) is 8.04. The van der Waals surface area contributed by atoms with E-state index >= 15 is 0 Å². The molecule has 5 nitrogen and oxygen atoms in total. The number of aromatic nitrogens is 1. The number of hydrogen-bond acceptors (Lipinski definition) is 3. The van der Waals surface area contributed by atoms with Crippen LogP contribution in [-0.4, -0.2) is 44.3 Å². The van der Waals surface area contributed by atoms with Gasteiger partial charge in [-0.15, -0.1) is 0 Å². The van der Waals surface area contributed by atoms with Gasteiger partial charge in [0.05, 0.1) is 5.75 Å². The molecule has 0 saturated carbocycles. The molecule has 6 heteroatoms. The number of primary sulfonamides is 1. The second-order valence-corrected chi connectivity index (χ2v) is 9.70. The van der Waals surface area contributed by atoms with Crippen LogP contribution in [0.4, 0.5) is 0 Å². The maximum Gasteiger partial charge on any atom is 0.210 e. The summed E-state index contributed by atoms with van der Waals surface area (Å²) >= 11 is 0. The molecule has 0 aliphatic carbocycles. The second kappa shape index (κ2) is 8.22. The molecule has 0 amide bonds. The quantitative estimate of drug-likeness (QED) is 0.494. The van der Waals surface area contributed by atoms with E-state index in [0.717, 1.165) is 45.9 Å². The van der Waals surface area contributed by atoms with Gasteiger partial charge >= 0.3 is 0 Å². The third kappa shape index (κ3) is 4.26. The SMILES string of the molecule is CN(C)CCn1ccc2c(C(CS(N)(=O)=O)c3cccc4ccccc34)cccc21. The summed E-state index contributed by atoms with van der Waals surface area (Å²) in [6.45, 7) is 1.80. The molecular formula is C24H27N3O2S. The lowest BCUT2D eigenvalue weighted by Crippen LogP contribution is -2.23. The van der Waals surface area contributed by atoms with Crippen molar-refractivity contribution in [2.45, 2.75) is 12.5 Å². The molecule has 30 heavy (non-hydrogen) atoms. The van der Waals surface area contributed by atoms with Gasteiger partial charge in [0, 0.05) is 36.1 Å². The molecule has 0 radical (unpaired) electrons. The Kier molecular flexibility index (Phi) is 5.64. The number of nitrogens with zero attached hydrogens (tertiary/aromatic N) is 2. The van der Waals surface area contributed by atoms with Crippen molar-refractivity contribution >= 4 is 31.7 Å². The number of rotatable bonds is 7. The summed E-state index contributed by atoms with van der Waals surface area (Å²) in [5.74, 6) is -0.484. The van der Waals surface area contributed by atoms with Gasteiger partial charge in [0.2, 0.25) is 10.0 Å². The van der Waals surface area contributed by atoms with Gasteiger partial charge in [-0.25, -0.2) is 13.6 Å². The van der Waals surface area contributed by atoms with Crippen LogP contribution in [0.15, 0.2) is 72.9 Å². The molecule has 0 saturated heterocycles. The predicted molar refractivity (Wildman–Crippen MR) is 124 cm³/mol. The molecule has 4 rings (SSSR count). The fraction of sp³-hybridized carbons (Fsp3) is 0.250. The lowest BCUT2D eigenvalue weighted by molar-refractivity contribution is 0.387. The average molecular weight is 422 g/mol. The normalized spacial score (nSPS) is 13.3. The molecule has 4 aromatic rings. The van der Waals surface area contributed by atoms with Crippen molar-refractivity contribution in [3.8, 4) is 0 Å². The number of sulfonamides is 1. The van der Waals surface area contributed by atoms with Gasteiger partial charge in [-0.1, -0.05) is 54.6 Å². The van der Waals surface area contributed by atoms with Crippen LogP contribution in [0.2, 0.25) is 0 Å². The van der Waals surface area contributed by atoms with Gasteiger partial charge in [0.15, 0.2) is 0 Å². The number of benzene rings is 3. The third-order valence-electron chi connectivity index (χ3n) is 5.61. The zero-order valence-electron chi connectivity index (χ0n) is 17.3. The number of hydrogen-bond donors (Lipinski definition) is 1. The summed E-state index contributed by atoms with van der Waals surface area (Å²) in [6, 6.07) is 22.3. The van der Waals surface area contributed by atoms with Crippen molar-refractivity contribution in [3.05, 3.63) is 84.1 Å². The van der Waals surface area contributed by atoms with E-state index in [1.165, 1.54) is 0 Å². The Labute approximate surface area is 177 Å². The van der Waals surface area contributed by atoms with Crippen LogP contribution in [0, 0.1) is 0 Å². The molecule has 2 N–H and O–H groups in total. The first-order chi connectivity index (χ1) is 14.3. The molecule has 1 aromatic heterocycles. The maximum atomic E-state index is 12.2. The topological polar surface area (TPSA) is 68.3 Å². The maximum absolute atomic E-state index is 12.2. The summed E-state index contributed by atoms with van der Waals surface area (Å²) in [5.41, 5.74) is 3.08. The van der Waals surface area contributed by atoms with Crippen molar-refractivity contribution in [2.24, 2.45) is 5.14 Å². The van der Waals surface area contributed by atoms with Crippen LogP contribution < -0.4 is 5.14 Å². The summed E-state index contributed by atoms with van der Waals surface area (Å²) in [6.07, 6.45) is 2.08. The van der Waals surface area contributed by atoms with E-state index < -0.39 is 10.0 Å². The first-order valence-corrected chi connectivity index (χ1v) is 11.8. The van der Waals surface area contributed by atoms with E-state index in [-0.39, 0.29) is 11.7 Å². The summed E-state index contributed by atoms with van der Waals surface area (Å²) in [7, 11) is 0.426. The van der Waals surface area contributed by atoms with Crippen LogP contribution >= 0.6 is 0 Å². The monoisotopic (exact) mass is 421 g/mol. The molecular weight excluding hydrogens is 394 g/mol. The fourth-order valence-corrected chi connectivity index (χ4v) is 5.01. The standard InChI is InChI=1S/C24H27N3O2S/c1-26(2)15-16-27-14-13-22-21(11-6-12-24(22)27)23(17-30(25,28)29)20-10-5-8-18-7-3-4-9-19(18)20/h3-14,23H,15-17H2,1-2H3,(H2,25,28,29). The average Bonchev–Trinajstić information content (AvgIpc) is 3.13. The number of fused-ring (bicyclic) bond motifs is 2. The van der Waals surface area contributed by atoms with Gasteiger partial charge in [-0.05, 0) is 48.1 Å². The molecule has 1 heterocycles. The molecule has 0 spiro atoms. The molecule has 156 valence electrons. The summed E-state index contributed by atoms with van der Waals surface area (Å²) in [4.78, 5) is 2.15. The van der Waals surface area contributed by atoms with Gasteiger partial charge < -0.3 is 9.47 Å². The Morgan fingerprint density at radius 2 is 1.57 bits per heavy atom. The molecule has 0 aliphatic rings. The van der Waals surface area contributed by atoms with Gasteiger partial charge in [-0.2, -0.15) is 0 Å². The Morgan fingerprint density at radius 3 is 2.30 bits per heavy atom.